The number of hydrogen-bond acceptors (Lipinski definition) is 4. The molecule has 1 unspecified atom stereocenters. The Labute approximate surface area is 266 Å². The van der Waals surface area contributed by atoms with Gasteiger partial charge in [0.1, 0.15) is 23.4 Å². The van der Waals surface area contributed by atoms with Gasteiger partial charge in [0, 0.05) is 47.8 Å². The fraction of sp³-hybridized carbons (Fsp3) is 0.389. The highest BCUT2D eigenvalue weighted by atomic mass is 35.5. The zero-order valence-electron chi connectivity index (χ0n) is 25.6. The lowest BCUT2D eigenvalue weighted by Gasteiger charge is -2.18. The average Bonchev–Trinajstić information content (AvgIpc) is 3.74. The SMILES string of the molecule is CCc1c2c(nn1C)C(C1CC1)OCCCCn1c(C(=O)O)c(CCCOc3cccc4cc(F)ccc34)c3ccc(Cl)c-2c31. The Balaban J connectivity index is 1.32. The van der Waals surface area contributed by atoms with Crippen LogP contribution in [0.5, 0.6) is 5.75 Å². The molecule has 2 aromatic heterocycles. The number of aromatic nitrogens is 3. The normalized spacial score (nSPS) is 16.9. The summed E-state index contributed by atoms with van der Waals surface area (Å²) in [5.41, 5.74) is 5.73. The highest BCUT2D eigenvalue weighted by molar-refractivity contribution is 6.35. The first-order valence-corrected chi connectivity index (χ1v) is 16.3. The van der Waals surface area contributed by atoms with Crippen molar-refractivity contribution < 1.29 is 23.8 Å². The molecule has 3 heterocycles. The number of halogens is 2. The molecular formula is C36H37ClFN3O4. The van der Waals surface area contributed by atoms with E-state index >= 15 is 0 Å². The van der Waals surface area contributed by atoms with Crippen molar-refractivity contribution in [3.63, 3.8) is 0 Å². The highest BCUT2D eigenvalue weighted by Crippen LogP contribution is 2.49. The molecule has 1 atom stereocenters. The van der Waals surface area contributed by atoms with Crippen LogP contribution >= 0.6 is 11.6 Å². The minimum absolute atomic E-state index is 0.111. The summed E-state index contributed by atoms with van der Waals surface area (Å²) in [4.78, 5) is 13.0. The first kappa shape index (κ1) is 29.8. The lowest BCUT2D eigenvalue weighted by molar-refractivity contribution is 0.0317. The van der Waals surface area contributed by atoms with Crippen molar-refractivity contribution in [1.29, 1.82) is 0 Å². The Morgan fingerprint density at radius 3 is 2.73 bits per heavy atom. The van der Waals surface area contributed by atoms with Crippen LogP contribution < -0.4 is 4.74 Å². The maximum Gasteiger partial charge on any atom is 0.352 e. The number of rotatable bonds is 8. The van der Waals surface area contributed by atoms with E-state index in [4.69, 9.17) is 26.2 Å². The number of aromatic carboxylic acids is 1. The van der Waals surface area contributed by atoms with Gasteiger partial charge in [-0.1, -0.05) is 36.7 Å². The molecule has 7 rings (SSSR count). The molecule has 0 spiro atoms. The summed E-state index contributed by atoms with van der Waals surface area (Å²) >= 11 is 7.09. The summed E-state index contributed by atoms with van der Waals surface area (Å²) in [6.07, 6.45) is 5.58. The number of aryl methyl sites for hydroxylation is 3. The van der Waals surface area contributed by atoms with Gasteiger partial charge in [-0.25, -0.2) is 9.18 Å². The lowest BCUT2D eigenvalue weighted by Crippen LogP contribution is -2.12. The third-order valence-corrected chi connectivity index (χ3v) is 9.60. The second kappa shape index (κ2) is 12.1. The molecule has 2 aliphatic rings. The first-order chi connectivity index (χ1) is 21.9. The number of fused-ring (bicyclic) bond motifs is 3. The molecule has 9 heteroatoms. The fourth-order valence-corrected chi connectivity index (χ4v) is 7.36. The average molecular weight is 630 g/mol. The van der Waals surface area contributed by atoms with Gasteiger partial charge in [-0.05, 0) is 92.1 Å². The second-order valence-corrected chi connectivity index (χ2v) is 12.6. The number of carboxylic acids is 1. The van der Waals surface area contributed by atoms with Gasteiger partial charge in [0.2, 0.25) is 0 Å². The summed E-state index contributed by atoms with van der Waals surface area (Å²) in [5.74, 6) is -0.132. The molecule has 45 heavy (non-hydrogen) atoms. The van der Waals surface area contributed by atoms with E-state index in [1.807, 2.05) is 46.6 Å². The fourth-order valence-electron chi connectivity index (χ4n) is 7.11. The molecule has 234 valence electrons. The monoisotopic (exact) mass is 629 g/mol. The van der Waals surface area contributed by atoms with Crippen LogP contribution in [0.15, 0.2) is 48.5 Å². The topological polar surface area (TPSA) is 78.5 Å². The molecule has 1 fully saturated rings. The zero-order chi connectivity index (χ0) is 31.2. The molecule has 0 amide bonds. The molecule has 7 nitrogen and oxygen atoms in total. The van der Waals surface area contributed by atoms with Gasteiger partial charge in [0.25, 0.3) is 0 Å². The standard InChI is InChI=1S/C36H37ClFN3O4/c1-3-28-31-30-27(37)16-15-26-25(9-7-19-44-29-10-6-8-22-20-23(38)13-14-24(22)29)34(36(42)43)41(33(26)30)17-4-5-18-45-35(21-11-12-21)32(31)39-40(28)2/h6,8,10,13-16,20-21,35H,3-5,7,9,11-12,17-19H2,1-2H3,(H,42,43). The minimum atomic E-state index is -0.954. The Morgan fingerprint density at radius 2 is 1.96 bits per heavy atom. The summed E-state index contributed by atoms with van der Waals surface area (Å²) in [6, 6.07) is 14.1. The molecule has 0 bridgehead atoms. The maximum atomic E-state index is 13.8. The van der Waals surface area contributed by atoms with Crippen molar-refractivity contribution in [1.82, 2.24) is 14.3 Å². The number of benzene rings is 3. The number of hydrogen-bond donors (Lipinski definition) is 1. The van der Waals surface area contributed by atoms with Crippen molar-refractivity contribution in [2.24, 2.45) is 13.0 Å². The van der Waals surface area contributed by atoms with E-state index in [1.165, 1.54) is 12.1 Å². The smallest absolute Gasteiger partial charge is 0.352 e. The Hall–Kier alpha value is -3.88. The molecule has 1 saturated carbocycles. The first-order valence-electron chi connectivity index (χ1n) is 15.9. The van der Waals surface area contributed by atoms with Crippen molar-refractivity contribution in [3.8, 4) is 16.9 Å². The van der Waals surface area contributed by atoms with Crippen LogP contribution in [0.25, 0.3) is 32.8 Å². The van der Waals surface area contributed by atoms with Crippen LogP contribution in [0.3, 0.4) is 0 Å². The zero-order valence-corrected chi connectivity index (χ0v) is 26.4. The van der Waals surface area contributed by atoms with Gasteiger partial charge in [0.05, 0.1) is 22.8 Å². The predicted octanol–water partition coefficient (Wildman–Crippen LogP) is 8.52. The van der Waals surface area contributed by atoms with Crippen LogP contribution in [-0.4, -0.2) is 38.6 Å². The molecule has 0 radical (unpaired) electrons. The third-order valence-electron chi connectivity index (χ3n) is 9.28. The number of carboxylic acid groups (broad SMARTS) is 1. The number of nitrogens with zero attached hydrogens (tertiary/aromatic N) is 3. The van der Waals surface area contributed by atoms with Gasteiger partial charge in [0.15, 0.2) is 0 Å². The van der Waals surface area contributed by atoms with Gasteiger partial charge >= 0.3 is 5.97 Å². The molecule has 1 N–H and O–H groups in total. The van der Waals surface area contributed by atoms with Crippen molar-refractivity contribution in [2.45, 2.75) is 64.5 Å². The number of ether oxygens (including phenoxy) is 2. The third kappa shape index (κ3) is 5.38. The predicted molar refractivity (Wildman–Crippen MR) is 174 cm³/mol. The Bertz CT molecular complexity index is 1930. The molecule has 1 aliphatic heterocycles. The van der Waals surface area contributed by atoms with Gasteiger partial charge in [-0.2, -0.15) is 5.10 Å². The highest BCUT2D eigenvalue weighted by Gasteiger charge is 2.39. The van der Waals surface area contributed by atoms with E-state index in [-0.39, 0.29) is 11.9 Å². The molecule has 3 aromatic carbocycles. The summed E-state index contributed by atoms with van der Waals surface area (Å²) in [5, 5.41) is 18.8. The van der Waals surface area contributed by atoms with Crippen LogP contribution in [0, 0.1) is 11.7 Å². The van der Waals surface area contributed by atoms with Gasteiger partial charge in [-0.15, -0.1) is 0 Å². The van der Waals surface area contributed by atoms with Crippen LogP contribution in [0.4, 0.5) is 4.39 Å². The van der Waals surface area contributed by atoms with Crippen LogP contribution in [0.1, 0.15) is 72.6 Å². The van der Waals surface area contributed by atoms with Gasteiger partial charge < -0.3 is 19.1 Å². The molecule has 1 aliphatic carbocycles. The lowest BCUT2D eigenvalue weighted by atomic mass is 9.94. The molecular weight excluding hydrogens is 593 g/mol. The molecule has 5 aromatic rings. The van der Waals surface area contributed by atoms with E-state index in [1.54, 1.807) is 6.07 Å². The van der Waals surface area contributed by atoms with Gasteiger partial charge in [-0.3, -0.25) is 4.68 Å². The van der Waals surface area contributed by atoms with Crippen molar-refractivity contribution >= 4 is 39.2 Å². The Kier molecular flexibility index (Phi) is 8.04. The van der Waals surface area contributed by atoms with Crippen LogP contribution in [-0.2, 0) is 31.2 Å². The van der Waals surface area contributed by atoms with Crippen molar-refractivity contribution in [3.05, 3.63) is 82.0 Å². The van der Waals surface area contributed by atoms with Crippen molar-refractivity contribution in [2.75, 3.05) is 13.2 Å². The van der Waals surface area contributed by atoms with E-state index < -0.39 is 5.97 Å². The minimum Gasteiger partial charge on any atom is -0.493 e. The summed E-state index contributed by atoms with van der Waals surface area (Å²) in [7, 11) is 1.97. The quantitative estimate of drug-likeness (QED) is 0.174. The maximum absolute atomic E-state index is 13.8. The van der Waals surface area contributed by atoms with E-state index in [9.17, 15) is 14.3 Å². The second-order valence-electron chi connectivity index (χ2n) is 12.2. The summed E-state index contributed by atoms with van der Waals surface area (Å²) < 4.78 is 30.4. The van der Waals surface area contributed by atoms with E-state index in [0.29, 0.717) is 55.0 Å². The van der Waals surface area contributed by atoms with E-state index in [2.05, 4.69) is 6.92 Å². The number of carbonyl (C=O) groups is 1. The Morgan fingerprint density at radius 1 is 1.13 bits per heavy atom. The van der Waals surface area contributed by atoms with Crippen LogP contribution in [0.2, 0.25) is 5.02 Å². The largest absolute Gasteiger partial charge is 0.493 e. The van der Waals surface area contributed by atoms with E-state index in [0.717, 1.165) is 81.9 Å². The summed E-state index contributed by atoms with van der Waals surface area (Å²) in [6.45, 7) is 3.64. The molecule has 0 saturated heterocycles.